The molecule has 0 aliphatic heterocycles. The summed E-state index contributed by atoms with van der Waals surface area (Å²) in [6, 6.07) is 5.22. The van der Waals surface area contributed by atoms with E-state index in [1.807, 2.05) is 11.8 Å². The predicted molar refractivity (Wildman–Crippen MR) is 88.0 cm³/mol. The summed E-state index contributed by atoms with van der Waals surface area (Å²) in [5.74, 6) is 0.330. The van der Waals surface area contributed by atoms with E-state index in [4.69, 9.17) is 28.9 Å². The second-order valence-electron chi connectivity index (χ2n) is 5.56. The molecule has 2 rings (SSSR count). The van der Waals surface area contributed by atoms with Crippen molar-refractivity contribution >= 4 is 29.1 Å². The van der Waals surface area contributed by atoms with Crippen LogP contribution in [-0.2, 0) is 0 Å². The first-order chi connectivity index (χ1) is 10.1. The number of carbonyl (C=O) groups excluding carboxylic acids is 1. The van der Waals surface area contributed by atoms with Gasteiger partial charge in [0.25, 0.3) is 5.91 Å². The molecule has 1 aromatic carbocycles. The highest BCUT2D eigenvalue weighted by molar-refractivity contribution is 6.35. The molecule has 5 heteroatoms. The van der Waals surface area contributed by atoms with Crippen molar-refractivity contribution in [2.24, 2.45) is 11.7 Å². The van der Waals surface area contributed by atoms with Crippen molar-refractivity contribution in [3.8, 4) is 0 Å². The zero-order chi connectivity index (χ0) is 15.4. The third-order valence-corrected chi connectivity index (χ3v) is 4.90. The van der Waals surface area contributed by atoms with Gasteiger partial charge < -0.3 is 10.6 Å². The summed E-state index contributed by atoms with van der Waals surface area (Å²) >= 11 is 12.2. The summed E-state index contributed by atoms with van der Waals surface area (Å²) in [5, 5.41) is 0.973. The maximum Gasteiger partial charge on any atom is 0.255 e. The van der Waals surface area contributed by atoms with Crippen LogP contribution in [0.1, 0.15) is 43.0 Å². The van der Waals surface area contributed by atoms with Crippen molar-refractivity contribution in [1.82, 2.24) is 4.90 Å². The van der Waals surface area contributed by atoms with Crippen LogP contribution in [0.4, 0.5) is 0 Å². The highest BCUT2D eigenvalue weighted by Gasteiger charge is 2.32. The summed E-state index contributed by atoms with van der Waals surface area (Å²) in [6.45, 7) is 3.28. The van der Waals surface area contributed by atoms with E-state index >= 15 is 0 Å². The molecule has 0 saturated heterocycles. The van der Waals surface area contributed by atoms with Gasteiger partial charge in [-0.25, -0.2) is 0 Å². The predicted octanol–water partition coefficient (Wildman–Crippen LogP) is 3.97. The molecule has 0 spiro atoms. The minimum atomic E-state index is -0.0460. The van der Waals surface area contributed by atoms with Crippen molar-refractivity contribution in [3.63, 3.8) is 0 Å². The molecule has 1 amide bonds. The topological polar surface area (TPSA) is 46.3 Å². The van der Waals surface area contributed by atoms with Crippen LogP contribution in [0.15, 0.2) is 18.2 Å². The minimum absolute atomic E-state index is 0.0460. The lowest BCUT2D eigenvalue weighted by molar-refractivity contribution is 0.0560. The Morgan fingerprint density at radius 3 is 2.71 bits per heavy atom. The van der Waals surface area contributed by atoms with Gasteiger partial charge in [-0.2, -0.15) is 0 Å². The average molecular weight is 329 g/mol. The number of nitrogens with two attached hydrogens (primary N) is 1. The highest BCUT2D eigenvalue weighted by Crippen LogP contribution is 2.30. The number of amides is 1. The molecule has 1 aromatic rings. The molecular weight excluding hydrogens is 307 g/mol. The number of carbonyl (C=O) groups is 1. The molecule has 2 atom stereocenters. The highest BCUT2D eigenvalue weighted by atomic mass is 35.5. The van der Waals surface area contributed by atoms with Gasteiger partial charge in [-0.15, -0.1) is 0 Å². The Labute approximate surface area is 136 Å². The summed E-state index contributed by atoms with van der Waals surface area (Å²) in [6.07, 6.45) is 4.45. The Kier molecular flexibility index (Phi) is 5.91. The van der Waals surface area contributed by atoms with Crippen LogP contribution < -0.4 is 5.73 Å². The van der Waals surface area contributed by atoms with Crippen molar-refractivity contribution in [3.05, 3.63) is 33.8 Å². The van der Waals surface area contributed by atoms with Gasteiger partial charge in [0, 0.05) is 17.6 Å². The smallest absolute Gasteiger partial charge is 0.255 e. The Bertz CT molecular complexity index is 507. The van der Waals surface area contributed by atoms with E-state index in [0.717, 1.165) is 19.3 Å². The number of nitrogens with zero attached hydrogens (tertiary/aromatic N) is 1. The molecule has 116 valence electrons. The van der Waals surface area contributed by atoms with E-state index in [2.05, 4.69) is 0 Å². The molecule has 3 nitrogen and oxygen atoms in total. The second kappa shape index (κ2) is 7.48. The lowest BCUT2D eigenvalue weighted by atomic mass is 9.83. The van der Waals surface area contributed by atoms with Gasteiger partial charge in [-0.1, -0.05) is 36.0 Å². The van der Waals surface area contributed by atoms with E-state index in [-0.39, 0.29) is 11.9 Å². The van der Waals surface area contributed by atoms with Crippen LogP contribution in [0.2, 0.25) is 10.0 Å². The first-order valence-corrected chi connectivity index (χ1v) is 8.30. The monoisotopic (exact) mass is 328 g/mol. The summed E-state index contributed by atoms with van der Waals surface area (Å²) < 4.78 is 0. The van der Waals surface area contributed by atoms with E-state index in [9.17, 15) is 4.79 Å². The zero-order valence-corrected chi connectivity index (χ0v) is 13.8. The van der Waals surface area contributed by atoms with E-state index in [0.29, 0.717) is 34.6 Å². The van der Waals surface area contributed by atoms with Crippen LogP contribution in [0.25, 0.3) is 0 Å². The lowest BCUT2D eigenvalue weighted by Gasteiger charge is -2.39. The van der Waals surface area contributed by atoms with Gasteiger partial charge in [0.15, 0.2) is 0 Å². The molecular formula is C16H22Cl2N2O. The third kappa shape index (κ3) is 3.71. The summed E-state index contributed by atoms with van der Waals surface area (Å²) in [4.78, 5) is 14.8. The first kappa shape index (κ1) is 16.6. The van der Waals surface area contributed by atoms with Crippen LogP contribution in [-0.4, -0.2) is 29.9 Å². The molecule has 0 heterocycles. The normalized spacial score (nSPS) is 22.1. The number of hydrogen-bond acceptors (Lipinski definition) is 2. The lowest BCUT2D eigenvalue weighted by Crippen LogP contribution is -2.48. The van der Waals surface area contributed by atoms with Gasteiger partial charge in [0.05, 0.1) is 10.6 Å². The molecule has 21 heavy (non-hydrogen) atoms. The molecule has 1 saturated carbocycles. The van der Waals surface area contributed by atoms with Crippen molar-refractivity contribution < 1.29 is 4.79 Å². The fourth-order valence-corrected chi connectivity index (χ4v) is 3.59. The third-order valence-electron chi connectivity index (χ3n) is 4.33. The van der Waals surface area contributed by atoms with Crippen molar-refractivity contribution in [2.45, 2.75) is 38.6 Å². The first-order valence-electron chi connectivity index (χ1n) is 7.54. The van der Waals surface area contributed by atoms with Gasteiger partial charge in [-0.3, -0.25) is 4.79 Å². The van der Waals surface area contributed by atoms with E-state index in [1.54, 1.807) is 18.2 Å². The fraction of sp³-hybridized carbons (Fsp3) is 0.562. The van der Waals surface area contributed by atoms with E-state index < -0.39 is 0 Å². The standard InChI is InChI=1S/C16H22Cl2N2O/c1-2-20(15-6-4-3-5-11(15)10-19)16(21)13-9-12(17)7-8-14(13)18/h7-9,11,15H,2-6,10,19H2,1H3. The van der Waals surface area contributed by atoms with E-state index in [1.165, 1.54) is 6.42 Å². The minimum Gasteiger partial charge on any atom is -0.336 e. The van der Waals surface area contributed by atoms with Crippen molar-refractivity contribution in [2.75, 3.05) is 13.1 Å². The van der Waals surface area contributed by atoms with Crippen molar-refractivity contribution in [1.29, 1.82) is 0 Å². The Morgan fingerprint density at radius 2 is 2.05 bits per heavy atom. The maximum absolute atomic E-state index is 12.9. The number of halogens is 2. The zero-order valence-electron chi connectivity index (χ0n) is 12.3. The SMILES string of the molecule is CCN(C(=O)c1cc(Cl)ccc1Cl)C1CCCCC1CN. The van der Waals surface area contributed by atoms with Gasteiger partial charge >= 0.3 is 0 Å². The molecule has 1 fully saturated rings. The fourth-order valence-electron chi connectivity index (χ4n) is 3.22. The molecule has 1 aliphatic rings. The molecule has 0 aromatic heterocycles. The molecule has 0 bridgehead atoms. The number of hydrogen-bond donors (Lipinski definition) is 1. The van der Waals surface area contributed by atoms with Crippen LogP contribution in [0.5, 0.6) is 0 Å². The molecule has 1 aliphatic carbocycles. The largest absolute Gasteiger partial charge is 0.336 e. The van der Waals surface area contributed by atoms with Gasteiger partial charge in [0.1, 0.15) is 0 Å². The summed E-state index contributed by atoms with van der Waals surface area (Å²) in [5.41, 5.74) is 6.37. The van der Waals surface area contributed by atoms with Gasteiger partial charge in [-0.05, 0) is 50.4 Å². The second-order valence-corrected chi connectivity index (χ2v) is 6.41. The number of benzene rings is 1. The molecule has 2 N–H and O–H groups in total. The van der Waals surface area contributed by atoms with Crippen LogP contribution >= 0.6 is 23.2 Å². The maximum atomic E-state index is 12.9. The average Bonchev–Trinajstić information content (AvgIpc) is 2.50. The number of rotatable bonds is 4. The molecule has 2 unspecified atom stereocenters. The summed E-state index contributed by atoms with van der Waals surface area (Å²) in [7, 11) is 0. The van der Waals surface area contributed by atoms with Gasteiger partial charge in [0.2, 0.25) is 0 Å². The Hall–Kier alpha value is -0.770. The molecule has 0 radical (unpaired) electrons. The quantitative estimate of drug-likeness (QED) is 0.908. The Morgan fingerprint density at radius 1 is 1.33 bits per heavy atom. The Balaban J connectivity index is 2.27. The van der Waals surface area contributed by atoms with Crippen LogP contribution in [0.3, 0.4) is 0 Å². The van der Waals surface area contributed by atoms with Crippen LogP contribution in [0, 0.1) is 5.92 Å².